The van der Waals surface area contributed by atoms with Crippen LogP contribution < -0.4 is 14.4 Å². The number of hydrogen-bond donors (Lipinski definition) is 1. The quantitative estimate of drug-likeness (QED) is 0.154. The van der Waals surface area contributed by atoms with Crippen LogP contribution in [0.5, 0.6) is 11.5 Å². The number of carboxylic acids is 1. The highest BCUT2D eigenvalue weighted by atomic mass is 32.1. The summed E-state index contributed by atoms with van der Waals surface area (Å²) in [6, 6.07) is 17.9. The number of Topliss-reactive ketones (excluding diaryl/α,β-unsaturated/α-hetero) is 1. The summed E-state index contributed by atoms with van der Waals surface area (Å²) in [4.78, 5) is 35.2. The fourth-order valence-electron chi connectivity index (χ4n) is 5.44. The average molecular weight is 682 g/mol. The lowest BCUT2D eigenvalue weighted by Crippen LogP contribution is -2.46. The second-order valence-corrected chi connectivity index (χ2v) is 13.3. The van der Waals surface area contributed by atoms with Crippen LogP contribution in [0.2, 0.25) is 0 Å². The Hall–Kier alpha value is -4.42. The maximum absolute atomic E-state index is 13.3. The third-order valence-electron chi connectivity index (χ3n) is 8.36. The largest absolute Gasteiger partial charge is 0.497 e. The van der Waals surface area contributed by atoms with Crippen molar-refractivity contribution in [2.24, 2.45) is 0 Å². The van der Waals surface area contributed by atoms with Crippen molar-refractivity contribution >= 4 is 28.8 Å². The van der Waals surface area contributed by atoms with Gasteiger partial charge in [-0.05, 0) is 75.2 Å². The summed E-state index contributed by atoms with van der Waals surface area (Å²) in [5.41, 5.74) is 1.47. The molecule has 4 aromatic rings. The molecule has 1 saturated heterocycles. The van der Waals surface area contributed by atoms with E-state index in [9.17, 15) is 27.9 Å². The molecular formula is C36H38F3N3O5S. The molecule has 0 radical (unpaired) electrons. The van der Waals surface area contributed by atoms with E-state index in [2.05, 4.69) is 15.9 Å². The SMILES string of the molecule is COc1cccc(N2CCN(Cc3nc(-c4ccc(C(F)(F)F)cc4)sc3CCC(=O)c3ccc(OC(C)(C)C(=O)O)c(C)c3)CC2)c1. The highest BCUT2D eigenvalue weighted by Gasteiger charge is 2.31. The van der Waals surface area contributed by atoms with Gasteiger partial charge in [0.15, 0.2) is 11.4 Å². The van der Waals surface area contributed by atoms with Crippen LogP contribution in [0.1, 0.15) is 52.3 Å². The minimum absolute atomic E-state index is 0.0931. The van der Waals surface area contributed by atoms with E-state index in [1.165, 1.54) is 37.3 Å². The Balaban J connectivity index is 1.31. The summed E-state index contributed by atoms with van der Waals surface area (Å²) >= 11 is 1.40. The van der Waals surface area contributed by atoms with Gasteiger partial charge >= 0.3 is 12.1 Å². The first kappa shape index (κ1) is 34.9. The van der Waals surface area contributed by atoms with Crippen LogP contribution in [-0.2, 0) is 23.9 Å². The number of nitrogens with zero attached hydrogens (tertiary/aromatic N) is 3. The second-order valence-electron chi connectivity index (χ2n) is 12.2. The molecular weight excluding hydrogens is 643 g/mol. The third-order valence-corrected chi connectivity index (χ3v) is 9.56. The number of aryl methyl sites for hydroxylation is 2. The summed E-state index contributed by atoms with van der Waals surface area (Å²) in [5, 5.41) is 10.0. The van der Waals surface area contributed by atoms with Gasteiger partial charge in [-0.15, -0.1) is 11.3 Å². The lowest BCUT2D eigenvalue weighted by molar-refractivity contribution is -0.152. The monoisotopic (exact) mass is 681 g/mol. The standard InChI is InChI=1S/C36H38F3N3O5S/c1-23-20-25(10-14-31(23)47-35(2,3)34(44)45)30(43)13-15-32-29(40-33(48-32)24-8-11-26(12-9-24)36(37,38)39)22-41-16-18-42(19-17-41)27-6-5-7-28(21-27)46-4/h5-12,14,20-21H,13,15-19,22H2,1-4H3,(H,44,45). The van der Waals surface area contributed by atoms with Gasteiger partial charge in [0.05, 0.1) is 18.4 Å². The van der Waals surface area contributed by atoms with E-state index >= 15 is 0 Å². The topological polar surface area (TPSA) is 92.2 Å². The molecule has 8 nitrogen and oxygen atoms in total. The number of piperazine rings is 1. The Morgan fingerprint density at radius 1 is 0.979 bits per heavy atom. The molecule has 0 bridgehead atoms. The van der Waals surface area contributed by atoms with Crippen LogP contribution in [0.25, 0.3) is 10.6 Å². The van der Waals surface area contributed by atoms with Crippen LogP contribution >= 0.6 is 11.3 Å². The van der Waals surface area contributed by atoms with Gasteiger partial charge in [0.2, 0.25) is 0 Å². The number of carbonyl (C=O) groups excluding carboxylic acids is 1. The number of thiazole rings is 1. The first-order valence-electron chi connectivity index (χ1n) is 15.6. The van der Waals surface area contributed by atoms with Gasteiger partial charge in [-0.1, -0.05) is 18.2 Å². The number of ether oxygens (including phenoxy) is 2. The number of carbonyl (C=O) groups is 2. The van der Waals surface area contributed by atoms with Crippen LogP contribution in [-0.4, -0.2) is 65.6 Å². The maximum atomic E-state index is 13.3. The Kier molecular flexibility index (Phi) is 10.4. The first-order chi connectivity index (χ1) is 22.7. The van der Waals surface area contributed by atoms with Crippen LogP contribution in [0.15, 0.2) is 66.7 Å². The van der Waals surface area contributed by atoms with Crippen molar-refractivity contribution < 1.29 is 37.3 Å². The Morgan fingerprint density at radius 2 is 1.69 bits per heavy atom. The first-order valence-corrected chi connectivity index (χ1v) is 16.4. The number of anilines is 1. The number of aliphatic carboxylic acids is 1. The number of ketones is 1. The number of carboxylic acid groups (broad SMARTS) is 1. The van der Waals surface area contributed by atoms with Gasteiger partial charge in [-0.3, -0.25) is 9.69 Å². The van der Waals surface area contributed by atoms with Gasteiger partial charge in [0.25, 0.3) is 0 Å². The van der Waals surface area contributed by atoms with Crippen molar-refractivity contribution in [1.29, 1.82) is 0 Å². The minimum Gasteiger partial charge on any atom is -0.497 e. The highest BCUT2D eigenvalue weighted by Crippen LogP contribution is 2.34. The highest BCUT2D eigenvalue weighted by molar-refractivity contribution is 7.15. The Bertz CT molecular complexity index is 1760. The molecule has 12 heteroatoms. The molecule has 254 valence electrons. The van der Waals surface area contributed by atoms with E-state index in [1.807, 2.05) is 18.2 Å². The molecule has 48 heavy (non-hydrogen) atoms. The maximum Gasteiger partial charge on any atom is 0.416 e. The zero-order valence-corrected chi connectivity index (χ0v) is 28.1. The third kappa shape index (κ3) is 8.35. The second kappa shape index (κ2) is 14.4. The Morgan fingerprint density at radius 3 is 2.31 bits per heavy atom. The van der Waals surface area contributed by atoms with Crippen LogP contribution in [0, 0.1) is 6.92 Å². The van der Waals surface area contributed by atoms with Crippen molar-refractivity contribution in [3.05, 3.63) is 94.0 Å². The molecule has 2 heterocycles. The number of methoxy groups -OCH3 is 1. The lowest BCUT2D eigenvalue weighted by atomic mass is 10.0. The normalized spacial score (nSPS) is 14.2. The minimum atomic E-state index is -4.43. The molecule has 0 atom stereocenters. The van der Waals surface area contributed by atoms with Crippen molar-refractivity contribution in [2.45, 2.75) is 51.9 Å². The molecule has 1 aliphatic rings. The smallest absolute Gasteiger partial charge is 0.416 e. The number of alkyl halides is 3. The van der Waals surface area contributed by atoms with Gasteiger partial charge in [-0.2, -0.15) is 13.2 Å². The van der Waals surface area contributed by atoms with E-state index in [-0.39, 0.29) is 12.2 Å². The van der Waals surface area contributed by atoms with Crippen molar-refractivity contribution in [1.82, 2.24) is 9.88 Å². The molecule has 0 amide bonds. The van der Waals surface area contributed by atoms with Crippen molar-refractivity contribution in [2.75, 3.05) is 38.2 Å². The van der Waals surface area contributed by atoms with Gasteiger partial charge < -0.3 is 19.5 Å². The van der Waals surface area contributed by atoms with E-state index < -0.39 is 23.3 Å². The Labute approximate surface area is 281 Å². The number of rotatable bonds is 12. The molecule has 1 fully saturated rings. The van der Waals surface area contributed by atoms with Gasteiger partial charge in [0, 0.05) is 66.9 Å². The van der Waals surface area contributed by atoms with Gasteiger partial charge in [-0.25, -0.2) is 9.78 Å². The number of hydrogen-bond acceptors (Lipinski definition) is 8. The van der Waals surface area contributed by atoms with Crippen LogP contribution in [0.3, 0.4) is 0 Å². The zero-order chi connectivity index (χ0) is 34.6. The fourth-order valence-corrected chi connectivity index (χ4v) is 6.51. The average Bonchev–Trinajstić information content (AvgIpc) is 3.46. The molecule has 5 rings (SSSR count). The molecule has 1 aliphatic heterocycles. The lowest BCUT2D eigenvalue weighted by Gasteiger charge is -2.36. The summed E-state index contributed by atoms with van der Waals surface area (Å²) in [6.45, 7) is 8.41. The van der Waals surface area contributed by atoms with E-state index in [0.717, 1.165) is 60.3 Å². The summed E-state index contributed by atoms with van der Waals surface area (Å²) in [6.07, 6.45) is -3.81. The van der Waals surface area contributed by atoms with E-state index in [4.69, 9.17) is 14.5 Å². The number of halogens is 3. The zero-order valence-electron chi connectivity index (χ0n) is 27.3. The molecule has 0 saturated carbocycles. The van der Waals surface area contributed by atoms with Crippen molar-refractivity contribution in [3.8, 4) is 22.1 Å². The van der Waals surface area contributed by atoms with Gasteiger partial charge in [0.1, 0.15) is 16.5 Å². The summed E-state index contributed by atoms with van der Waals surface area (Å²) in [7, 11) is 1.65. The number of aromatic nitrogens is 1. The number of benzene rings is 3. The predicted molar refractivity (Wildman–Crippen MR) is 179 cm³/mol. The van der Waals surface area contributed by atoms with Crippen LogP contribution in [0.4, 0.5) is 18.9 Å². The summed E-state index contributed by atoms with van der Waals surface area (Å²) < 4.78 is 50.6. The van der Waals surface area contributed by atoms with E-state index in [1.54, 1.807) is 32.2 Å². The molecule has 1 N–H and O–H groups in total. The van der Waals surface area contributed by atoms with Crippen molar-refractivity contribution in [3.63, 3.8) is 0 Å². The predicted octanol–water partition coefficient (Wildman–Crippen LogP) is 7.53. The molecule has 1 aromatic heterocycles. The fraction of sp³-hybridized carbons (Fsp3) is 0.361. The molecule has 0 unspecified atom stereocenters. The molecule has 3 aromatic carbocycles. The summed E-state index contributed by atoms with van der Waals surface area (Å²) in [5.74, 6) is -0.00775. The molecule has 0 spiro atoms. The molecule has 0 aliphatic carbocycles. The van der Waals surface area contributed by atoms with E-state index in [0.29, 0.717) is 40.4 Å².